The van der Waals surface area contributed by atoms with Crippen LogP contribution in [0.4, 0.5) is 11.4 Å². The summed E-state index contributed by atoms with van der Waals surface area (Å²) >= 11 is 0. The lowest BCUT2D eigenvalue weighted by Crippen LogP contribution is -2.29. The fourth-order valence-electron chi connectivity index (χ4n) is 1.83. The maximum absolute atomic E-state index is 11.6. The van der Waals surface area contributed by atoms with Crippen LogP contribution in [0.2, 0.25) is 0 Å². The molecule has 1 atom stereocenters. The highest BCUT2D eigenvalue weighted by molar-refractivity contribution is 6.00. The molecule has 0 aliphatic rings. The Balaban J connectivity index is 3.18. The highest BCUT2D eigenvalue weighted by Gasteiger charge is 2.20. The Kier molecular flexibility index (Phi) is 4.79. The van der Waals surface area contributed by atoms with Crippen molar-refractivity contribution in [1.82, 2.24) is 0 Å². The van der Waals surface area contributed by atoms with Crippen LogP contribution >= 0.6 is 0 Å². The van der Waals surface area contributed by atoms with Crippen molar-refractivity contribution in [2.75, 3.05) is 18.5 Å². The summed E-state index contributed by atoms with van der Waals surface area (Å²) in [6.45, 7) is 3.04. The van der Waals surface area contributed by atoms with Gasteiger partial charge in [0.25, 0.3) is 5.69 Å². The van der Waals surface area contributed by atoms with Gasteiger partial charge in [-0.1, -0.05) is 6.92 Å². The normalized spacial score (nSPS) is 11.8. The predicted octanol–water partition coefficient (Wildman–Crippen LogP) is 1.95. The van der Waals surface area contributed by atoms with E-state index in [1.54, 1.807) is 11.9 Å². The number of nitrogens with zero attached hydrogens (tertiary/aromatic N) is 2. The first-order valence-electron chi connectivity index (χ1n) is 5.97. The van der Waals surface area contributed by atoms with Crippen LogP contribution in [0, 0.1) is 16.0 Å². The standard InChI is InChI=1S/C13H16N2O5/c1-8(13(17)18)7-14(3)12-6-10(15(19)20)4-5-11(12)9(2)16/h4-6,8H,7H2,1-3H3,(H,17,18). The molecule has 0 aliphatic carbocycles. The van der Waals surface area contributed by atoms with Crippen molar-refractivity contribution in [3.05, 3.63) is 33.9 Å². The summed E-state index contributed by atoms with van der Waals surface area (Å²) in [4.78, 5) is 34.2. The molecule has 1 aromatic carbocycles. The Hall–Kier alpha value is -2.44. The van der Waals surface area contributed by atoms with E-state index in [0.29, 0.717) is 11.3 Å². The Morgan fingerprint density at radius 3 is 2.50 bits per heavy atom. The summed E-state index contributed by atoms with van der Waals surface area (Å²) in [6, 6.07) is 3.93. The molecule has 20 heavy (non-hydrogen) atoms. The second-order valence-corrected chi connectivity index (χ2v) is 4.63. The van der Waals surface area contributed by atoms with Gasteiger partial charge in [-0.05, 0) is 13.0 Å². The molecule has 0 spiro atoms. The molecule has 0 saturated carbocycles. The van der Waals surface area contributed by atoms with Crippen molar-refractivity contribution in [3.63, 3.8) is 0 Å². The Bertz CT molecular complexity index is 556. The van der Waals surface area contributed by atoms with Crippen LogP contribution in [0.1, 0.15) is 24.2 Å². The molecule has 0 radical (unpaired) electrons. The van der Waals surface area contributed by atoms with Gasteiger partial charge < -0.3 is 10.0 Å². The molecule has 1 rings (SSSR count). The molecular formula is C13H16N2O5. The van der Waals surface area contributed by atoms with E-state index in [-0.39, 0.29) is 18.0 Å². The van der Waals surface area contributed by atoms with Gasteiger partial charge in [-0.25, -0.2) is 0 Å². The lowest BCUT2D eigenvalue weighted by molar-refractivity contribution is -0.384. The maximum Gasteiger partial charge on any atom is 0.308 e. The summed E-state index contributed by atoms with van der Waals surface area (Å²) < 4.78 is 0. The average Bonchev–Trinajstić information content (AvgIpc) is 2.37. The molecule has 0 bridgehead atoms. The molecule has 0 aromatic heterocycles. The van der Waals surface area contributed by atoms with Crippen LogP contribution < -0.4 is 4.90 Å². The van der Waals surface area contributed by atoms with Crippen LogP contribution in [0.5, 0.6) is 0 Å². The third-order valence-corrected chi connectivity index (χ3v) is 2.95. The first kappa shape index (κ1) is 15.6. The van der Waals surface area contributed by atoms with Gasteiger partial charge in [-0.3, -0.25) is 19.7 Å². The number of hydrogen-bond acceptors (Lipinski definition) is 5. The largest absolute Gasteiger partial charge is 0.481 e. The van der Waals surface area contributed by atoms with Gasteiger partial charge in [0.15, 0.2) is 5.78 Å². The highest BCUT2D eigenvalue weighted by Crippen LogP contribution is 2.26. The van der Waals surface area contributed by atoms with Crippen LogP contribution in [-0.4, -0.2) is 35.4 Å². The molecule has 0 amide bonds. The zero-order chi connectivity index (χ0) is 15.4. The van der Waals surface area contributed by atoms with Crippen molar-refractivity contribution >= 4 is 23.1 Å². The number of Topliss-reactive ketones (excluding diaryl/α,β-unsaturated/α-hetero) is 1. The molecule has 108 valence electrons. The molecule has 7 heteroatoms. The number of anilines is 1. The van der Waals surface area contributed by atoms with Gasteiger partial charge in [-0.2, -0.15) is 0 Å². The number of carboxylic acids is 1. The number of rotatable bonds is 6. The fraction of sp³-hybridized carbons (Fsp3) is 0.385. The molecule has 0 saturated heterocycles. The summed E-state index contributed by atoms with van der Waals surface area (Å²) in [5.74, 6) is -1.85. The van der Waals surface area contributed by atoms with E-state index in [1.165, 1.54) is 32.0 Å². The number of carboxylic acid groups (broad SMARTS) is 1. The Morgan fingerprint density at radius 2 is 2.05 bits per heavy atom. The van der Waals surface area contributed by atoms with E-state index in [0.717, 1.165) is 0 Å². The number of non-ortho nitro benzene ring substituents is 1. The SMILES string of the molecule is CC(=O)c1ccc([N+](=O)[O-])cc1N(C)CC(C)C(=O)O. The monoisotopic (exact) mass is 280 g/mol. The minimum absolute atomic E-state index is 0.139. The minimum atomic E-state index is -0.966. The Labute approximate surface area is 116 Å². The van der Waals surface area contributed by atoms with Gasteiger partial charge in [0.05, 0.1) is 16.5 Å². The van der Waals surface area contributed by atoms with E-state index >= 15 is 0 Å². The van der Waals surface area contributed by atoms with E-state index in [9.17, 15) is 19.7 Å². The smallest absolute Gasteiger partial charge is 0.308 e. The molecule has 1 unspecified atom stereocenters. The zero-order valence-electron chi connectivity index (χ0n) is 11.5. The Morgan fingerprint density at radius 1 is 1.45 bits per heavy atom. The van der Waals surface area contributed by atoms with Crippen molar-refractivity contribution < 1.29 is 19.6 Å². The maximum atomic E-state index is 11.6. The lowest BCUT2D eigenvalue weighted by atomic mass is 10.1. The van der Waals surface area contributed by atoms with E-state index in [2.05, 4.69) is 0 Å². The fourth-order valence-corrected chi connectivity index (χ4v) is 1.83. The number of aliphatic carboxylic acids is 1. The number of carbonyl (C=O) groups is 2. The van der Waals surface area contributed by atoms with Crippen molar-refractivity contribution in [1.29, 1.82) is 0 Å². The second kappa shape index (κ2) is 6.14. The van der Waals surface area contributed by atoms with Crippen LogP contribution in [0.25, 0.3) is 0 Å². The number of hydrogen-bond donors (Lipinski definition) is 1. The van der Waals surface area contributed by atoms with Crippen LogP contribution in [0.15, 0.2) is 18.2 Å². The van der Waals surface area contributed by atoms with E-state index in [4.69, 9.17) is 5.11 Å². The van der Waals surface area contributed by atoms with Gasteiger partial charge in [0, 0.05) is 31.3 Å². The van der Waals surface area contributed by atoms with E-state index < -0.39 is 16.8 Å². The molecule has 1 aromatic rings. The molecule has 1 N–H and O–H groups in total. The number of benzene rings is 1. The third kappa shape index (κ3) is 3.53. The second-order valence-electron chi connectivity index (χ2n) is 4.63. The zero-order valence-corrected chi connectivity index (χ0v) is 11.5. The van der Waals surface area contributed by atoms with Crippen molar-refractivity contribution in [2.24, 2.45) is 5.92 Å². The van der Waals surface area contributed by atoms with Gasteiger partial charge in [0.1, 0.15) is 0 Å². The number of nitro groups is 1. The summed E-state index contributed by atoms with van der Waals surface area (Å²) in [5.41, 5.74) is 0.551. The first-order valence-corrected chi connectivity index (χ1v) is 5.97. The van der Waals surface area contributed by atoms with Crippen LogP contribution in [0.3, 0.4) is 0 Å². The van der Waals surface area contributed by atoms with Gasteiger partial charge in [0.2, 0.25) is 0 Å². The number of nitro benzene ring substituents is 1. The van der Waals surface area contributed by atoms with Gasteiger partial charge >= 0.3 is 5.97 Å². The molecule has 0 aliphatic heterocycles. The molecule has 0 fully saturated rings. The number of carbonyl (C=O) groups excluding carboxylic acids is 1. The van der Waals surface area contributed by atoms with Crippen LogP contribution in [-0.2, 0) is 4.79 Å². The van der Waals surface area contributed by atoms with E-state index in [1.807, 2.05) is 0 Å². The summed E-state index contributed by atoms with van der Waals surface area (Å²) in [5, 5.41) is 19.7. The summed E-state index contributed by atoms with van der Waals surface area (Å²) in [6.07, 6.45) is 0. The highest BCUT2D eigenvalue weighted by atomic mass is 16.6. The molecule has 7 nitrogen and oxygen atoms in total. The topological polar surface area (TPSA) is 101 Å². The van der Waals surface area contributed by atoms with Gasteiger partial charge in [-0.15, -0.1) is 0 Å². The van der Waals surface area contributed by atoms with Crippen molar-refractivity contribution in [3.8, 4) is 0 Å². The predicted molar refractivity (Wildman–Crippen MR) is 73.2 cm³/mol. The molecule has 0 heterocycles. The third-order valence-electron chi connectivity index (χ3n) is 2.95. The summed E-state index contributed by atoms with van der Waals surface area (Å²) in [7, 11) is 1.60. The minimum Gasteiger partial charge on any atom is -0.481 e. The quantitative estimate of drug-likeness (QED) is 0.485. The first-order chi connectivity index (χ1) is 9.23. The number of ketones is 1. The lowest BCUT2D eigenvalue weighted by Gasteiger charge is -2.23. The molecular weight excluding hydrogens is 264 g/mol. The average molecular weight is 280 g/mol. The van der Waals surface area contributed by atoms with Crippen molar-refractivity contribution in [2.45, 2.75) is 13.8 Å².